The summed E-state index contributed by atoms with van der Waals surface area (Å²) in [5, 5.41) is 8.99. The summed E-state index contributed by atoms with van der Waals surface area (Å²) < 4.78 is 5.82. The van der Waals surface area contributed by atoms with Crippen LogP contribution >= 0.6 is 0 Å². The van der Waals surface area contributed by atoms with Gasteiger partial charge < -0.3 is 15.6 Å². The SMILES string of the molecule is C[C@H](N)c1ccccc1OCc1ccc(CO)cc1. The summed E-state index contributed by atoms with van der Waals surface area (Å²) in [6.07, 6.45) is 0. The molecule has 3 nitrogen and oxygen atoms in total. The van der Waals surface area contributed by atoms with E-state index in [9.17, 15) is 0 Å². The van der Waals surface area contributed by atoms with Gasteiger partial charge in [-0.2, -0.15) is 0 Å². The predicted octanol–water partition coefficient (Wildman–Crippen LogP) is 2.78. The van der Waals surface area contributed by atoms with E-state index in [1.807, 2.05) is 55.5 Å². The molecule has 0 heterocycles. The lowest BCUT2D eigenvalue weighted by Gasteiger charge is -2.13. The molecule has 0 aromatic heterocycles. The highest BCUT2D eigenvalue weighted by molar-refractivity contribution is 5.35. The van der Waals surface area contributed by atoms with Crippen molar-refractivity contribution in [1.29, 1.82) is 0 Å². The smallest absolute Gasteiger partial charge is 0.124 e. The Morgan fingerprint density at radius 1 is 1.05 bits per heavy atom. The number of hydrogen-bond acceptors (Lipinski definition) is 3. The third-order valence-corrected chi connectivity index (χ3v) is 3.01. The minimum Gasteiger partial charge on any atom is -0.489 e. The molecule has 3 N–H and O–H groups in total. The van der Waals surface area contributed by atoms with Crippen LogP contribution in [0.1, 0.15) is 29.7 Å². The fraction of sp³-hybridized carbons (Fsp3) is 0.250. The molecule has 3 heteroatoms. The van der Waals surface area contributed by atoms with Gasteiger partial charge in [0.1, 0.15) is 12.4 Å². The highest BCUT2D eigenvalue weighted by Gasteiger charge is 2.07. The summed E-state index contributed by atoms with van der Waals surface area (Å²) in [7, 11) is 0. The van der Waals surface area contributed by atoms with Gasteiger partial charge in [-0.25, -0.2) is 0 Å². The van der Waals surface area contributed by atoms with Gasteiger partial charge in [0.15, 0.2) is 0 Å². The summed E-state index contributed by atoms with van der Waals surface area (Å²) in [6, 6.07) is 15.5. The largest absolute Gasteiger partial charge is 0.489 e. The van der Waals surface area contributed by atoms with E-state index in [0.717, 1.165) is 22.4 Å². The molecule has 0 amide bonds. The zero-order valence-corrected chi connectivity index (χ0v) is 11.0. The molecule has 0 unspecified atom stereocenters. The molecule has 2 aromatic rings. The molecule has 0 radical (unpaired) electrons. The van der Waals surface area contributed by atoms with Gasteiger partial charge in [0, 0.05) is 11.6 Å². The average Bonchev–Trinajstić information content (AvgIpc) is 2.46. The van der Waals surface area contributed by atoms with Crippen molar-refractivity contribution >= 4 is 0 Å². The van der Waals surface area contributed by atoms with Gasteiger partial charge >= 0.3 is 0 Å². The highest BCUT2D eigenvalue weighted by atomic mass is 16.5. The van der Waals surface area contributed by atoms with Crippen molar-refractivity contribution in [1.82, 2.24) is 0 Å². The molecular formula is C16H19NO2. The van der Waals surface area contributed by atoms with Gasteiger partial charge in [-0.05, 0) is 24.1 Å². The predicted molar refractivity (Wildman–Crippen MR) is 75.7 cm³/mol. The molecule has 0 aliphatic heterocycles. The lowest BCUT2D eigenvalue weighted by molar-refractivity contribution is 0.281. The molecule has 0 spiro atoms. The molecule has 2 rings (SSSR count). The molecule has 0 aliphatic carbocycles. The highest BCUT2D eigenvalue weighted by Crippen LogP contribution is 2.24. The van der Waals surface area contributed by atoms with Crippen LogP contribution in [0.3, 0.4) is 0 Å². The first-order valence-electron chi connectivity index (χ1n) is 6.36. The van der Waals surface area contributed by atoms with Crippen LogP contribution in [0.2, 0.25) is 0 Å². The number of aliphatic hydroxyl groups excluding tert-OH is 1. The third kappa shape index (κ3) is 3.56. The summed E-state index contributed by atoms with van der Waals surface area (Å²) in [6.45, 7) is 2.50. The van der Waals surface area contributed by atoms with Crippen LogP contribution in [0.15, 0.2) is 48.5 Å². The molecule has 0 saturated carbocycles. The first kappa shape index (κ1) is 13.6. The molecule has 0 fully saturated rings. The Morgan fingerprint density at radius 3 is 2.32 bits per heavy atom. The quantitative estimate of drug-likeness (QED) is 0.866. The summed E-state index contributed by atoms with van der Waals surface area (Å²) in [4.78, 5) is 0. The molecule has 100 valence electrons. The zero-order valence-electron chi connectivity index (χ0n) is 11.0. The van der Waals surface area contributed by atoms with Crippen molar-refractivity contribution < 1.29 is 9.84 Å². The van der Waals surface area contributed by atoms with Gasteiger partial charge in [-0.15, -0.1) is 0 Å². The fourth-order valence-electron chi connectivity index (χ4n) is 1.89. The van der Waals surface area contributed by atoms with Crippen molar-refractivity contribution in [2.75, 3.05) is 0 Å². The second-order valence-corrected chi connectivity index (χ2v) is 4.59. The molecule has 0 saturated heterocycles. The van der Waals surface area contributed by atoms with E-state index in [0.29, 0.717) is 6.61 Å². The van der Waals surface area contributed by atoms with Crippen LogP contribution in [0.4, 0.5) is 0 Å². The maximum atomic E-state index is 8.99. The van der Waals surface area contributed by atoms with Gasteiger partial charge in [-0.3, -0.25) is 0 Å². The number of hydrogen-bond donors (Lipinski definition) is 2. The van der Waals surface area contributed by atoms with E-state index in [2.05, 4.69) is 0 Å². The first-order valence-corrected chi connectivity index (χ1v) is 6.36. The van der Waals surface area contributed by atoms with Crippen molar-refractivity contribution in [2.24, 2.45) is 5.73 Å². The van der Waals surface area contributed by atoms with Crippen molar-refractivity contribution in [3.05, 3.63) is 65.2 Å². The van der Waals surface area contributed by atoms with Crippen LogP contribution in [0.25, 0.3) is 0 Å². The Balaban J connectivity index is 2.05. The lowest BCUT2D eigenvalue weighted by atomic mass is 10.1. The number of para-hydroxylation sites is 1. The standard InChI is InChI=1S/C16H19NO2/c1-12(17)15-4-2-3-5-16(15)19-11-14-8-6-13(10-18)7-9-14/h2-9,12,18H,10-11,17H2,1H3/t12-/m0/s1. The fourth-order valence-corrected chi connectivity index (χ4v) is 1.89. The Bertz CT molecular complexity index is 521. The second kappa shape index (κ2) is 6.36. The van der Waals surface area contributed by atoms with Crippen LogP contribution in [0.5, 0.6) is 5.75 Å². The number of rotatable bonds is 5. The second-order valence-electron chi connectivity index (χ2n) is 4.59. The Morgan fingerprint density at radius 2 is 1.68 bits per heavy atom. The number of ether oxygens (including phenoxy) is 1. The summed E-state index contributed by atoms with van der Waals surface area (Å²) in [5.41, 5.74) is 8.89. The minimum absolute atomic E-state index is 0.0482. The summed E-state index contributed by atoms with van der Waals surface area (Å²) in [5.74, 6) is 0.823. The average molecular weight is 257 g/mol. The van der Waals surface area contributed by atoms with E-state index >= 15 is 0 Å². The topological polar surface area (TPSA) is 55.5 Å². The van der Waals surface area contributed by atoms with E-state index in [1.54, 1.807) is 0 Å². The van der Waals surface area contributed by atoms with Crippen LogP contribution in [-0.2, 0) is 13.2 Å². The number of nitrogens with two attached hydrogens (primary N) is 1. The maximum Gasteiger partial charge on any atom is 0.124 e. The number of aliphatic hydroxyl groups is 1. The number of benzene rings is 2. The van der Waals surface area contributed by atoms with E-state index in [4.69, 9.17) is 15.6 Å². The van der Waals surface area contributed by atoms with E-state index < -0.39 is 0 Å². The van der Waals surface area contributed by atoms with Gasteiger partial charge in [0.25, 0.3) is 0 Å². The normalized spacial score (nSPS) is 12.2. The van der Waals surface area contributed by atoms with E-state index in [1.165, 1.54) is 0 Å². The zero-order chi connectivity index (χ0) is 13.7. The molecule has 0 bridgehead atoms. The van der Waals surface area contributed by atoms with Gasteiger partial charge in [0.05, 0.1) is 6.61 Å². The molecule has 0 aliphatic rings. The van der Waals surface area contributed by atoms with Crippen LogP contribution < -0.4 is 10.5 Å². The van der Waals surface area contributed by atoms with E-state index in [-0.39, 0.29) is 12.6 Å². The van der Waals surface area contributed by atoms with Crippen molar-refractivity contribution in [2.45, 2.75) is 26.2 Å². The van der Waals surface area contributed by atoms with Gasteiger partial charge in [-0.1, -0.05) is 42.5 Å². The van der Waals surface area contributed by atoms with Crippen molar-refractivity contribution in [3.8, 4) is 5.75 Å². The maximum absolute atomic E-state index is 8.99. The Kier molecular flexibility index (Phi) is 4.55. The Hall–Kier alpha value is -1.84. The van der Waals surface area contributed by atoms with Crippen LogP contribution in [-0.4, -0.2) is 5.11 Å². The lowest BCUT2D eigenvalue weighted by Crippen LogP contribution is -2.08. The first-order chi connectivity index (χ1) is 9.20. The van der Waals surface area contributed by atoms with Crippen molar-refractivity contribution in [3.63, 3.8) is 0 Å². The van der Waals surface area contributed by atoms with Gasteiger partial charge in [0.2, 0.25) is 0 Å². The van der Waals surface area contributed by atoms with Crippen LogP contribution in [0, 0.1) is 0 Å². The summed E-state index contributed by atoms with van der Waals surface area (Å²) >= 11 is 0. The molecule has 1 atom stereocenters. The minimum atomic E-state index is -0.0482. The third-order valence-electron chi connectivity index (χ3n) is 3.01. The monoisotopic (exact) mass is 257 g/mol. The molecule has 19 heavy (non-hydrogen) atoms. The Labute approximate surface area is 113 Å². The molecular weight excluding hydrogens is 238 g/mol. The molecule has 2 aromatic carbocycles.